The maximum absolute atomic E-state index is 14.8. The molecule has 39 heavy (non-hydrogen) atoms. The van der Waals surface area contributed by atoms with Crippen LogP contribution >= 0.6 is 15.9 Å². The first kappa shape index (κ1) is 27.3. The molecule has 2 fully saturated rings. The molecule has 3 aromatic rings. The molecule has 0 bridgehead atoms. The Morgan fingerprint density at radius 3 is 2.41 bits per heavy atom. The number of aromatic hydroxyl groups is 1. The molecule has 1 atom stereocenters. The third kappa shape index (κ3) is 5.70. The van der Waals surface area contributed by atoms with Crippen molar-refractivity contribution in [3.8, 4) is 5.75 Å². The van der Waals surface area contributed by atoms with Gasteiger partial charge < -0.3 is 19.6 Å². The van der Waals surface area contributed by atoms with Gasteiger partial charge in [0.2, 0.25) is 0 Å². The molecule has 2 aliphatic heterocycles. The summed E-state index contributed by atoms with van der Waals surface area (Å²) in [4.78, 5) is 30.4. The number of rotatable bonds is 6. The fourth-order valence-corrected chi connectivity index (χ4v) is 6.09. The largest absolute Gasteiger partial charge is 0.505 e. The molecule has 0 radical (unpaired) electrons. The fourth-order valence-electron chi connectivity index (χ4n) is 5.73. The first-order valence-corrected chi connectivity index (χ1v) is 13.7. The SMILES string of the molecule is O=C(c1ccc(O)c(F)c1)N1CCC2(CCC(COCc3ccccc3)N2C(=O)c2cc(Br)ccc2F)CC1. The maximum Gasteiger partial charge on any atom is 0.257 e. The molecule has 1 N–H and O–H groups in total. The van der Waals surface area contributed by atoms with Gasteiger partial charge in [-0.05, 0) is 67.6 Å². The average molecular weight is 599 g/mol. The maximum atomic E-state index is 14.8. The number of carbonyl (C=O) groups is 2. The van der Waals surface area contributed by atoms with E-state index in [0.29, 0.717) is 56.5 Å². The molecule has 2 saturated heterocycles. The van der Waals surface area contributed by atoms with Gasteiger partial charge >= 0.3 is 0 Å². The minimum atomic E-state index is -0.851. The van der Waals surface area contributed by atoms with Crippen LogP contribution in [0, 0.1) is 11.6 Å². The molecule has 0 aromatic heterocycles. The third-order valence-electron chi connectivity index (χ3n) is 7.79. The van der Waals surface area contributed by atoms with Crippen molar-refractivity contribution in [3.05, 3.63) is 99.5 Å². The monoisotopic (exact) mass is 598 g/mol. The number of hydrogen-bond donors (Lipinski definition) is 1. The molecule has 2 amide bonds. The van der Waals surface area contributed by atoms with Crippen LogP contribution in [0.5, 0.6) is 5.75 Å². The van der Waals surface area contributed by atoms with Crippen molar-refractivity contribution in [1.82, 2.24) is 9.80 Å². The van der Waals surface area contributed by atoms with Crippen molar-refractivity contribution in [2.24, 2.45) is 0 Å². The Labute approximate surface area is 234 Å². The lowest BCUT2D eigenvalue weighted by atomic mass is 9.84. The Hall–Kier alpha value is -3.30. The van der Waals surface area contributed by atoms with E-state index in [2.05, 4.69) is 15.9 Å². The standard InChI is InChI=1S/C30H29BrF2N2O4/c31-22-7-8-25(32)24(17-22)29(38)35-23(19-39-18-20-4-2-1-3-5-20)10-11-30(35)12-14-34(15-13-30)28(37)21-6-9-27(36)26(33)16-21/h1-9,16-17,23,36H,10-15,18-19H2. The van der Waals surface area contributed by atoms with E-state index in [9.17, 15) is 23.5 Å². The summed E-state index contributed by atoms with van der Waals surface area (Å²) < 4.78 is 35.3. The zero-order valence-corrected chi connectivity index (χ0v) is 22.9. The lowest BCUT2D eigenvalue weighted by molar-refractivity contribution is 0.00476. The van der Waals surface area contributed by atoms with Crippen molar-refractivity contribution in [2.75, 3.05) is 19.7 Å². The van der Waals surface area contributed by atoms with Crippen molar-refractivity contribution in [2.45, 2.75) is 43.9 Å². The summed E-state index contributed by atoms with van der Waals surface area (Å²) in [5.74, 6) is -2.67. The smallest absolute Gasteiger partial charge is 0.257 e. The van der Waals surface area contributed by atoms with Gasteiger partial charge in [-0.15, -0.1) is 0 Å². The molecule has 3 aromatic carbocycles. The van der Waals surface area contributed by atoms with Crippen LogP contribution in [0.2, 0.25) is 0 Å². The number of piperidine rings is 1. The number of phenols is 1. The van der Waals surface area contributed by atoms with E-state index < -0.39 is 22.9 Å². The number of likely N-dealkylation sites (tertiary alicyclic amines) is 2. The lowest BCUT2D eigenvalue weighted by Gasteiger charge is -2.46. The quantitative estimate of drug-likeness (QED) is 0.382. The van der Waals surface area contributed by atoms with Gasteiger partial charge in [0.25, 0.3) is 11.8 Å². The van der Waals surface area contributed by atoms with Gasteiger partial charge in [0.05, 0.1) is 24.8 Å². The van der Waals surface area contributed by atoms with Gasteiger partial charge in [-0.25, -0.2) is 8.78 Å². The van der Waals surface area contributed by atoms with Crippen LogP contribution in [0.1, 0.15) is 52.0 Å². The fraction of sp³-hybridized carbons (Fsp3) is 0.333. The zero-order valence-electron chi connectivity index (χ0n) is 21.3. The van der Waals surface area contributed by atoms with E-state index >= 15 is 0 Å². The number of amides is 2. The number of benzene rings is 3. The van der Waals surface area contributed by atoms with E-state index in [1.165, 1.54) is 18.2 Å². The normalized spacial score (nSPS) is 18.5. The van der Waals surface area contributed by atoms with Crippen LogP contribution in [-0.2, 0) is 11.3 Å². The minimum Gasteiger partial charge on any atom is -0.505 e. The lowest BCUT2D eigenvalue weighted by Crippen LogP contribution is -2.57. The van der Waals surface area contributed by atoms with Crippen LogP contribution in [0.3, 0.4) is 0 Å². The van der Waals surface area contributed by atoms with Crippen LogP contribution < -0.4 is 0 Å². The van der Waals surface area contributed by atoms with Gasteiger partial charge in [-0.1, -0.05) is 46.3 Å². The first-order valence-electron chi connectivity index (χ1n) is 13.0. The number of ether oxygens (including phenoxy) is 1. The van der Waals surface area contributed by atoms with E-state index in [0.717, 1.165) is 17.7 Å². The third-order valence-corrected chi connectivity index (χ3v) is 8.29. The van der Waals surface area contributed by atoms with Gasteiger partial charge in [0.15, 0.2) is 11.6 Å². The number of halogens is 3. The number of hydrogen-bond acceptors (Lipinski definition) is 4. The second-order valence-corrected chi connectivity index (χ2v) is 11.1. The van der Waals surface area contributed by atoms with Crippen molar-refractivity contribution < 1.29 is 28.2 Å². The molecule has 2 aliphatic rings. The van der Waals surface area contributed by atoms with Crippen LogP contribution in [0.4, 0.5) is 8.78 Å². The second kappa shape index (κ2) is 11.4. The highest BCUT2D eigenvalue weighted by molar-refractivity contribution is 9.10. The van der Waals surface area contributed by atoms with Crippen molar-refractivity contribution in [1.29, 1.82) is 0 Å². The van der Waals surface area contributed by atoms with Crippen LogP contribution in [0.25, 0.3) is 0 Å². The summed E-state index contributed by atoms with van der Waals surface area (Å²) in [7, 11) is 0. The van der Waals surface area contributed by atoms with Crippen molar-refractivity contribution >= 4 is 27.7 Å². The van der Waals surface area contributed by atoms with Crippen molar-refractivity contribution in [3.63, 3.8) is 0 Å². The van der Waals surface area contributed by atoms with E-state index in [1.807, 2.05) is 30.3 Å². The number of nitrogens with zero attached hydrogens (tertiary/aromatic N) is 2. The topological polar surface area (TPSA) is 70.1 Å². The Morgan fingerprint density at radius 2 is 1.69 bits per heavy atom. The highest BCUT2D eigenvalue weighted by atomic mass is 79.9. The van der Waals surface area contributed by atoms with E-state index in [1.54, 1.807) is 15.9 Å². The molecule has 0 saturated carbocycles. The summed E-state index contributed by atoms with van der Waals surface area (Å²) in [5, 5.41) is 9.46. The second-order valence-electron chi connectivity index (χ2n) is 10.2. The van der Waals surface area contributed by atoms with Crippen LogP contribution in [0.15, 0.2) is 71.2 Å². The first-order chi connectivity index (χ1) is 18.8. The highest BCUT2D eigenvalue weighted by Crippen LogP contribution is 2.43. The molecule has 5 rings (SSSR count). The van der Waals surface area contributed by atoms with Gasteiger partial charge in [0.1, 0.15) is 5.82 Å². The summed E-state index contributed by atoms with van der Waals surface area (Å²) in [6.07, 6.45) is 2.43. The highest BCUT2D eigenvalue weighted by Gasteiger charge is 2.51. The molecule has 6 nitrogen and oxygen atoms in total. The molecule has 1 spiro atoms. The molecular weight excluding hydrogens is 570 g/mol. The van der Waals surface area contributed by atoms with Gasteiger partial charge in [-0.2, -0.15) is 0 Å². The summed E-state index contributed by atoms with van der Waals surface area (Å²) in [6, 6.07) is 17.5. The van der Waals surface area contributed by atoms with E-state index in [-0.39, 0.29) is 29.0 Å². The molecular formula is C30H29BrF2N2O4. The number of phenolic OH excluding ortho intramolecular Hbond substituents is 1. The summed E-state index contributed by atoms with van der Waals surface area (Å²) in [6.45, 7) is 1.45. The molecule has 204 valence electrons. The van der Waals surface area contributed by atoms with Crippen LogP contribution in [-0.4, -0.2) is 58.0 Å². The number of carbonyl (C=O) groups excluding carboxylic acids is 2. The summed E-state index contributed by atoms with van der Waals surface area (Å²) in [5.41, 5.74) is 0.628. The molecule has 2 heterocycles. The predicted molar refractivity (Wildman–Crippen MR) is 145 cm³/mol. The summed E-state index contributed by atoms with van der Waals surface area (Å²) >= 11 is 3.35. The Bertz CT molecular complexity index is 1360. The average Bonchev–Trinajstić information content (AvgIpc) is 3.29. The molecule has 9 heteroatoms. The minimum absolute atomic E-state index is 0.00298. The molecule has 1 unspecified atom stereocenters. The predicted octanol–water partition coefficient (Wildman–Crippen LogP) is 5.93. The molecule has 0 aliphatic carbocycles. The Kier molecular flexibility index (Phi) is 8.00. The Balaban J connectivity index is 1.35. The Morgan fingerprint density at radius 1 is 0.949 bits per heavy atom. The zero-order chi connectivity index (χ0) is 27.6. The van der Waals surface area contributed by atoms with Gasteiger partial charge in [-0.3, -0.25) is 9.59 Å². The van der Waals surface area contributed by atoms with Gasteiger partial charge in [0, 0.05) is 28.7 Å². The van der Waals surface area contributed by atoms with E-state index in [4.69, 9.17) is 4.74 Å².